The molecule has 0 amide bonds. The van der Waals surface area contributed by atoms with Crippen LogP contribution in [0.3, 0.4) is 0 Å². The molecule has 3 nitrogen and oxygen atoms in total. The first kappa shape index (κ1) is 11.3. The number of benzene rings is 1. The highest BCUT2D eigenvalue weighted by molar-refractivity contribution is 5.91. The molecule has 0 N–H and O–H groups in total. The second kappa shape index (κ2) is 5.20. The molecule has 0 radical (unpaired) electrons. The molecule has 80 valence electrons. The zero-order chi connectivity index (χ0) is 11.3. The first-order valence-electron chi connectivity index (χ1n) is 4.71. The number of nitrogens with zero attached hydrogens (tertiary/aromatic N) is 1. The molecule has 0 fully saturated rings. The van der Waals surface area contributed by atoms with E-state index in [-0.39, 0.29) is 5.78 Å². The van der Waals surface area contributed by atoms with E-state index in [0.717, 1.165) is 0 Å². The van der Waals surface area contributed by atoms with Gasteiger partial charge in [-0.2, -0.15) is 0 Å². The minimum absolute atomic E-state index is 0.0902. The summed E-state index contributed by atoms with van der Waals surface area (Å²) >= 11 is 0. The Morgan fingerprint density at radius 2 is 1.87 bits per heavy atom. The van der Waals surface area contributed by atoms with E-state index < -0.39 is 0 Å². The van der Waals surface area contributed by atoms with Gasteiger partial charge in [-0.25, -0.2) is 0 Å². The maximum Gasteiger partial charge on any atom is 0.196 e. The highest BCUT2D eigenvalue weighted by Gasteiger charge is 2.06. The van der Waals surface area contributed by atoms with Gasteiger partial charge in [0, 0.05) is 27.2 Å². The van der Waals surface area contributed by atoms with Crippen molar-refractivity contribution in [3.05, 3.63) is 42.3 Å². The maximum atomic E-state index is 11.3. The fourth-order valence-electron chi connectivity index (χ4n) is 1.04. The highest BCUT2D eigenvalue weighted by atomic mass is 16.5. The minimum atomic E-state index is -0.0902. The normalized spacial score (nSPS) is 11.0. The summed E-state index contributed by atoms with van der Waals surface area (Å²) in [4.78, 5) is 13.0. The van der Waals surface area contributed by atoms with Gasteiger partial charge in [0.25, 0.3) is 0 Å². The second-order valence-corrected chi connectivity index (χ2v) is 3.43. The molecule has 0 bridgehead atoms. The molecule has 0 heterocycles. The van der Waals surface area contributed by atoms with E-state index in [1.54, 1.807) is 11.1 Å². The molecule has 1 aromatic carbocycles. The highest BCUT2D eigenvalue weighted by Crippen LogP contribution is 2.13. The van der Waals surface area contributed by atoms with E-state index in [9.17, 15) is 4.79 Å². The van der Waals surface area contributed by atoms with Crippen molar-refractivity contribution in [2.75, 3.05) is 14.1 Å². The Bertz CT molecular complexity index is 355. The molecule has 15 heavy (non-hydrogen) atoms. The van der Waals surface area contributed by atoms with Crippen molar-refractivity contribution in [1.82, 2.24) is 4.90 Å². The predicted molar refractivity (Wildman–Crippen MR) is 59.5 cm³/mol. The molecule has 0 spiro atoms. The third-order valence-electron chi connectivity index (χ3n) is 1.69. The largest absolute Gasteiger partial charge is 0.452 e. The van der Waals surface area contributed by atoms with E-state index in [0.29, 0.717) is 11.5 Å². The lowest BCUT2D eigenvalue weighted by atomic mass is 10.3. The van der Waals surface area contributed by atoms with Crippen molar-refractivity contribution in [2.45, 2.75) is 6.92 Å². The molecule has 3 heteroatoms. The number of ketones is 1. The van der Waals surface area contributed by atoms with Crippen molar-refractivity contribution in [3.8, 4) is 5.75 Å². The number of rotatable bonds is 4. The Morgan fingerprint density at radius 1 is 1.27 bits per heavy atom. The molecule has 1 rings (SSSR count). The number of para-hydroxylation sites is 1. The van der Waals surface area contributed by atoms with Crippen molar-refractivity contribution >= 4 is 5.78 Å². The zero-order valence-electron chi connectivity index (χ0n) is 9.23. The van der Waals surface area contributed by atoms with Crippen molar-refractivity contribution < 1.29 is 9.53 Å². The standard InChI is InChI=1S/C12H15NO2/c1-10(14)12(9-13(2)3)15-11-7-5-4-6-8-11/h4-9H,1-3H3/b12-9+. The van der Waals surface area contributed by atoms with Crippen LogP contribution in [-0.2, 0) is 4.79 Å². The SMILES string of the molecule is CC(=O)/C(=C\N(C)C)Oc1ccccc1. The summed E-state index contributed by atoms with van der Waals surface area (Å²) in [6.07, 6.45) is 1.66. The average Bonchev–Trinajstić information content (AvgIpc) is 2.17. The number of hydrogen-bond acceptors (Lipinski definition) is 3. The summed E-state index contributed by atoms with van der Waals surface area (Å²) in [6, 6.07) is 9.25. The van der Waals surface area contributed by atoms with Gasteiger partial charge in [0.05, 0.1) is 0 Å². The third kappa shape index (κ3) is 3.85. The van der Waals surface area contributed by atoms with E-state index in [4.69, 9.17) is 4.74 Å². The van der Waals surface area contributed by atoms with Gasteiger partial charge in [-0.15, -0.1) is 0 Å². The van der Waals surface area contributed by atoms with Crippen molar-refractivity contribution in [3.63, 3.8) is 0 Å². The van der Waals surface area contributed by atoms with Gasteiger partial charge in [-0.1, -0.05) is 18.2 Å². The number of allylic oxidation sites excluding steroid dienone is 1. The molecule has 1 aromatic rings. The van der Waals surface area contributed by atoms with E-state index in [2.05, 4.69) is 0 Å². The van der Waals surface area contributed by atoms with Crippen LogP contribution in [0, 0.1) is 0 Å². The van der Waals surface area contributed by atoms with Crippen molar-refractivity contribution in [2.24, 2.45) is 0 Å². The van der Waals surface area contributed by atoms with E-state index in [1.807, 2.05) is 44.4 Å². The molecule has 0 saturated carbocycles. The summed E-state index contributed by atoms with van der Waals surface area (Å²) in [7, 11) is 3.69. The number of carbonyl (C=O) groups is 1. The topological polar surface area (TPSA) is 29.5 Å². The van der Waals surface area contributed by atoms with Crippen LogP contribution in [0.1, 0.15) is 6.92 Å². The zero-order valence-corrected chi connectivity index (χ0v) is 9.23. The molecular weight excluding hydrogens is 190 g/mol. The molecule has 0 aliphatic heterocycles. The summed E-state index contributed by atoms with van der Waals surface area (Å²) in [5.41, 5.74) is 0. The molecular formula is C12H15NO2. The van der Waals surface area contributed by atoms with Gasteiger partial charge in [-0.3, -0.25) is 4.79 Å². The first-order valence-corrected chi connectivity index (χ1v) is 4.71. The Balaban J connectivity index is 2.81. The molecule has 0 saturated heterocycles. The van der Waals surface area contributed by atoms with Crippen molar-refractivity contribution in [1.29, 1.82) is 0 Å². The van der Waals surface area contributed by atoms with Crippen LogP contribution >= 0.6 is 0 Å². The Kier molecular flexibility index (Phi) is 3.92. The molecule has 0 atom stereocenters. The molecule has 0 aromatic heterocycles. The predicted octanol–water partition coefficient (Wildman–Crippen LogP) is 2.06. The summed E-state index contributed by atoms with van der Waals surface area (Å²) in [5, 5.41) is 0. The van der Waals surface area contributed by atoms with Gasteiger partial charge < -0.3 is 9.64 Å². The second-order valence-electron chi connectivity index (χ2n) is 3.43. The lowest BCUT2D eigenvalue weighted by Gasteiger charge is -2.10. The maximum absolute atomic E-state index is 11.3. The van der Waals surface area contributed by atoms with Crippen LogP contribution in [0.4, 0.5) is 0 Å². The third-order valence-corrected chi connectivity index (χ3v) is 1.69. The van der Waals surface area contributed by atoms with Gasteiger partial charge in [-0.05, 0) is 12.1 Å². The average molecular weight is 205 g/mol. The van der Waals surface area contributed by atoms with Gasteiger partial charge in [0.1, 0.15) is 5.75 Å². The number of Topliss-reactive ketones (excluding diaryl/α,β-unsaturated/α-hetero) is 1. The molecule has 0 unspecified atom stereocenters. The Hall–Kier alpha value is -1.77. The lowest BCUT2D eigenvalue weighted by Crippen LogP contribution is -2.11. The summed E-state index contributed by atoms with van der Waals surface area (Å²) < 4.78 is 5.46. The number of ether oxygens (including phenoxy) is 1. The van der Waals surface area contributed by atoms with Crippen LogP contribution < -0.4 is 4.74 Å². The summed E-state index contributed by atoms with van der Waals surface area (Å²) in [5.74, 6) is 0.916. The minimum Gasteiger partial charge on any atom is -0.452 e. The molecule has 0 aliphatic carbocycles. The van der Waals surface area contributed by atoms with Crippen LogP contribution in [0.2, 0.25) is 0 Å². The summed E-state index contributed by atoms with van der Waals surface area (Å²) in [6.45, 7) is 1.48. The van der Waals surface area contributed by atoms with Gasteiger partial charge in [0.2, 0.25) is 0 Å². The Morgan fingerprint density at radius 3 is 2.33 bits per heavy atom. The molecule has 0 aliphatic rings. The quantitative estimate of drug-likeness (QED) is 0.556. The van der Waals surface area contributed by atoms with E-state index in [1.165, 1.54) is 6.92 Å². The fraction of sp³-hybridized carbons (Fsp3) is 0.250. The smallest absolute Gasteiger partial charge is 0.196 e. The number of carbonyl (C=O) groups excluding carboxylic acids is 1. The van der Waals surface area contributed by atoms with Gasteiger partial charge >= 0.3 is 0 Å². The monoisotopic (exact) mass is 205 g/mol. The van der Waals surface area contributed by atoms with Gasteiger partial charge in [0.15, 0.2) is 11.5 Å². The lowest BCUT2D eigenvalue weighted by molar-refractivity contribution is -0.115. The Labute approximate surface area is 90.0 Å². The van der Waals surface area contributed by atoms with E-state index >= 15 is 0 Å². The number of hydrogen-bond donors (Lipinski definition) is 0. The fourth-order valence-corrected chi connectivity index (χ4v) is 1.04. The van der Waals surface area contributed by atoms with Crippen LogP contribution in [-0.4, -0.2) is 24.8 Å². The van der Waals surface area contributed by atoms with Crippen LogP contribution in [0.15, 0.2) is 42.3 Å². The first-order chi connectivity index (χ1) is 7.09. The van der Waals surface area contributed by atoms with Crippen LogP contribution in [0.25, 0.3) is 0 Å². The van der Waals surface area contributed by atoms with Crippen LogP contribution in [0.5, 0.6) is 5.75 Å².